The Bertz CT molecular complexity index is 1140. The van der Waals surface area contributed by atoms with Gasteiger partial charge in [0.2, 0.25) is 5.95 Å². The summed E-state index contributed by atoms with van der Waals surface area (Å²) < 4.78 is 6.83. The molecule has 28 heavy (non-hydrogen) atoms. The van der Waals surface area contributed by atoms with Crippen LogP contribution in [0.2, 0.25) is 0 Å². The Morgan fingerprint density at radius 1 is 1.18 bits per heavy atom. The van der Waals surface area contributed by atoms with Crippen LogP contribution in [-0.4, -0.2) is 30.8 Å². The zero-order chi connectivity index (χ0) is 19.3. The molecule has 4 rings (SSSR count). The van der Waals surface area contributed by atoms with Crippen LogP contribution in [0, 0.1) is 11.3 Å². The van der Waals surface area contributed by atoms with Gasteiger partial charge in [-0.05, 0) is 17.7 Å². The summed E-state index contributed by atoms with van der Waals surface area (Å²) in [6.07, 6.45) is 5.00. The predicted octanol–water partition coefficient (Wildman–Crippen LogP) is 3.33. The van der Waals surface area contributed by atoms with E-state index in [4.69, 9.17) is 4.18 Å². The second-order valence-corrected chi connectivity index (χ2v) is 6.25. The fraction of sp³-hybridized carbons (Fsp3) is 0.105. The molecule has 4 aromatic rings. The Kier molecular flexibility index (Phi) is 5.03. The van der Waals surface area contributed by atoms with E-state index in [0.29, 0.717) is 23.7 Å². The van der Waals surface area contributed by atoms with Gasteiger partial charge in [-0.1, -0.05) is 30.3 Å². The Labute approximate surface area is 165 Å². The summed E-state index contributed by atoms with van der Waals surface area (Å²) in [5.41, 5.74) is 3.80. The van der Waals surface area contributed by atoms with Crippen molar-refractivity contribution in [3.05, 3.63) is 66.0 Å². The topological polar surface area (TPSA) is 101 Å². The first-order valence-electron chi connectivity index (χ1n) is 8.39. The fourth-order valence-corrected chi connectivity index (χ4v) is 2.89. The molecule has 3 aromatic heterocycles. The van der Waals surface area contributed by atoms with E-state index in [-0.39, 0.29) is 6.01 Å². The molecule has 9 heteroatoms. The molecular weight excluding hydrogens is 374 g/mol. The number of hydrogen-bond acceptors (Lipinski definition) is 8. The first-order valence-corrected chi connectivity index (χ1v) is 9.54. The SMILES string of the molecule is CSOc1nc(NCc2ccc(-c3ccccn3)cc2)n2ncc(C#N)c2n1. The van der Waals surface area contributed by atoms with Crippen LogP contribution in [-0.2, 0) is 6.54 Å². The van der Waals surface area contributed by atoms with Gasteiger partial charge in [0.1, 0.15) is 11.6 Å². The Morgan fingerprint density at radius 3 is 2.75 bits per heavy atom. The smallest absolute Gasteiger partial charge is 0.334 e. The summed E-state index contributed by atoms with van der Waals surface area (Å²) in [5.74, 6) is 0.448. The van der Waals surface area contributed by atoms with Gasteiger partial charge in [0.05, 0.1) is 23.9 Å². The minimum absolute atomic E-state index is 0.171. The number of pyridine rings is 1. The number of anilines is 1. The van der Waals surface area contributed by atoms with Crippen LogP contribution >= 0.6 is 12.0 Å². The number of nitrogens with one attached hydrogen (secondary N) is 1. The lowest BCUT2D eigenvalue weighted by Crippen LogP contribution is -2.09. The molecule has 1 N–H and O–H groups in total. The molecular formula is C19H15N7OS. The summed E-state index contributed by atoms with van der Waals surface area (Å²) in [5, 5.41) is 16.7. The van der Waals surface area contributed by atoms with Crippen molar-refractivity contribution in [2.45, 2.75) is 6.54 Å². The zero-order valence-electron chi connectivity index (χ0n) is 14.9. The third kappa shape index (κ3) is 3.58. The number of nitrogens with zero attached hydrogens (tertiary/aromatic N) is 6. The van der Waals surface area contributed by atoms with Crippen molar-refractivity contribution >= 4 is 23.6 Å². The van der Waals surface area contributed by atoms with Gasteiger partial charge in [0, 0.05) is 24.6 Å². The molecule has 0 aliphatic carbocycles. The molecule has 0 radical (unpaired) electrons. The predicted molar refractivity (Wildman–Crippen MR) is 107 cm³/mol. The summed E-state index contributed by atoms with van der Waals surface area (Å²) in [7, 11) is 0. The lowest BCUT2D eigenvalue weighted by Gasteiger charge is -2.09. The molecule has 0 spiro atoms. The maximum absolute atomic E-state index is 9.23. The number of rotatable bonds is 6. The van der Waals surface area contributed by atoms with Gasteiger partial charge >= 0.3 is 6.01 Å². The summed E-state index contributed by atoms with van der Waals surface area (Å²) in [4.78, 5) is 12.9. The molecule has 3 heterocycles. The number of nitriles is 1. The minimum Gasteiger partial charge on any atom is -0.389 e. The van der Waals surface area contributed by atoms with Crippen LogP contribution in [0.4, 0.5) is 5.95 Å². The molecule has 0 unspecified atom stereocenters. The number of benzene rings is 1. The van der Waals surface area contributed by atoms with E-state index in [1.165, 1.54) is 10.7 Å². The van der Waals surface area contributed by atoms with Crippen LogP contribution in [0.5, 0.6) is 6.01 Å². The van der Waals surface area contributed by atoms with Gasteiger partial charge in [-0.3, -0.25) is 4.98 Å². The molecule has 0 amide bonds. The standard InChI is InChI=1S/C19H15N7OS/c1-28-27-19-24-17-15(10-20)12-23-26(17)18(25-19)22-11-13-5-7-14(8-6-13)16-4-2-3-9-21-16/h2-9,12H,11H2,1H3,(H,22,24,25). The van der Waals surface area contributed by atoms with Gasteiger partial charge in [0.25, 0.3) is 0 Å². The van der Waals surface area contributed by atoms with Gasteiger partial charge in [-0.2, -0.15) is 24.8 Å². The van der Waals surface area contributed by atoms with E-state index >= 15 is 0 Å². The monoisotopic (exact) mass is 389 g/mol. The van der Waals surface area contributed by atoms with Crippen molar-refractivity contribution in [2.24, 2.45) is 0 Å². The molecule has 0 fully saturated rings. The summed E-state index contributed by atoms with van der Waals surface area (Å²) in [6, 6.07) is 16.2. The highest BCUT2D eigenvalue weighted by Crippen LogP contribution is 2.20. The summed E-state index contributed by atoms with van der Waals surface area (Å²) >= 11 is 1.13. The Hall–Kier alpha value is -3.64. The normalized spacial score (nSPS) is 10.6. The van der Waals surface area contributed by atoms with Crippen molar-refractivity contribution in [1.29, 1.82) is 5.26 Å². The lowest BCUT2D eigenvalue weighted by molar-refractivity contribution is 0.584. The maximum Gasteiger partial charge on any atom is 0.334 e. The van der Waals surface area contributed by atoms with Crippen LogP contribution < -0.4 is 9.50 Å². The van der Waals surface area contributed by atoms with Crippen LogP contribution in [0.1, 0.15) is 11.1 Å². The molecule has 138 valence electrons. The van der Waals surface area contributed by atoms with Crippen molar-refractivity contribution in [1.82, 2.24) is 24.6 Å². The van der Waals surface area contributed by atoms with Crippen molar-refractivity contribution in [3.8, 4) is 23.3 Å². The van der Waals surface area contributed by atoms with Crippen molar-refractivity contribution in [3.63, 3.8) is 0 Å². The summed E-state index contributed by atoms with van der Waals surface area (Å²) in [6.45, 7) is 0.523. The highest BCUT2D eigenvalue weighted by Gasteiger charge is 2.13. The number of fused-ring (bicyclic) bond motifs is 1. The third-order valence-electron chi connectivity index (χ3n) is 3.99. The van der Waals surface area contributed by atoms with E-state index in [1.807, 2.05) is 42.5 Å². The molecule has 0 aliphatic rings. The van der Waals surface area contributed by atoms with Gasteiger partial charge in [-0.15, -0.1) is 0 Å². The Morgan fingerprint density at radius 2 is 2.04 bits per heavy atom. The number of hydrogen-bond donors (Lipinski definition) is 1. The number of aromatic nitrogens is 5. The van der Waals surface area contributed by atoms with E-state index in [9.17, 15) is 5.26 Å². The minimum atomic E-state index is 0.171. The average molecular weight is 389 g/mol. The van der Waals surface area contributed by atoms with E-state index in [2.05, 4.69) is 31.4 Å². The maximum atomic E-state index is 9.23. The van der Waals surface area contributed by atoms with Gasteiger partial charge < -0.3 is 9.50 Å². The van der Waals surface area contributed by atoms with Gasteiger partial charge in [0.15, 0.2) is 5.65 Å². The largest absolute Gasteiger partial charge is 0.389 e. The van der Waals surface area contributed by atoms with Crippen molar-refractivity contribution in [2.75, 3.05) is 11.6 Å². The third-order valence-corrected chi connectivity index (χ3v) is 4.31. The molecule has 8 nitrogen and oxygen atoms in total. The van der Waals surface area contributed by atoms with E-state index in [1.54, 1.807) is 12.5 Å². The molecule has 0 atom stereocenters. The molecule has 1 aromatic carbocycles. The highest BCUT2D eigenvalue weighted by molar-refractivity contribution is 7.94. The second kappa shape index (κ2) is 7.94. The molecule has 0 aliphatic heterocycles. The van der Waals surface area contributed by atoms with E-state index in [0.717, 1.165) is 28.9 Å². The second-order valence-electron chi connectivity index (χ2n) is 5.75. The first kappa shape index (κ1) is 17.8. The fourth-order valence-electron chi connectivity index (χ4n) is 2.67. The van der Waals surface area contributed by atoms with Gasteiger partial charge in [-0.25, -0.2) is 0 Å². The van der Waals surface area contributed by atoms with Crippen LogP contribution in [0.3, 0.4) is 0 Å². The lowest BCUT2D eigenvalue weighted by atomic mass is 10.1. The van der Waals surface area contributed by atoms with Crippen LogP contribution in [0.25, 0.3) is 16.9 Å². The quantitative estimate of drug-likeness (QED) is 0.501. The molecule has 0 bridgehead atoms. The first-order chi connectivity index (χ1) is 13.8. The van der Waals surface area contributed by atoms with Crippen LogP contribution in [0.15, 0.2) is 54.9 Å². The average Bonchev–Trinajstić information content (AvgIpc) is 3.16. The highest BCUT2D eigenvalue weighted by atomic mass is 32.2. The Balaban J connectivity index is 1.57. The van der Waals surface area contributed by atoms with Crippen molar-refractivity contribution < 1.29 is 4.18 Å². The molecule has 0 saturated carbocycles. The zero-order valence-corrected chi connectivity index (χ0v) is 15.7. The van der Waals surface area contributed by atoms with E-state index < -0.39 is 0 Å². The molecule has 0 saturated heterocycles.